The van der Waals surface area contributed by atoms with Crippen LogP contribution in [-0.2, 0) is 32.0 Å². The van der Waals surface area contributed by atoms with Crippen molar-refractivity contribution in [1.29, 1.82) is 0 Å². The first-order valence-corrected chi connectivity index (χ1v) is 12.4. The van der Waals surface area contributed by atoms with Crippen molar-refractivity contribution >= 4 is 34.6 Å². The number of para-hydroxylation sites is 1. The van der Waals surface area contributed by atoms with Gasteiger partial charge >= 0.3 is 5.97 Å². The molecule has 3 rings (SSSR count). The third kappa shape index (κ3) is 7.87. The molecule has 12 heteroatoms. The predicted octanol–water partition coefficient (Wildman–Crippen LogP) is -0.807. The fraction of sp³-hybridized carbons (Fsp3) is 0.333. The van der Waals surface area contributed by atoms with Crippen LogP contribution in [0.1, 0.15) is 18.1 Å². The van der Waals surface area contributed by atoms with Crippen LogP contribution in [0, 0.1) is 0 Å². The lowest BCUT2D eigenvalue weighted by molar-refractivity contribution is -0.143. The average molecular weight is 540 g/mol. The third-order valence-electron chi connectivity index (χ3n) is 6.23. The molecule has 0 aliphatic rings. The van der Waals surface area contributed by atoms with Crippen molar-refractivity contribution in [3.63, 3.8) is 0 Å². The summed E-state index contributed by atoms with van der Waals surface area (Å²) in [7, 11) is 0. The Morgan fingerprint density at radius 1 is 0.872 bits per heavy atom. The van der Waals surface area contributed by atoms with Gasteiger partial charge in [0, 0.05) is 29.9 Å². The molecule has 0 aliphatic heterocycles. The van der Waals surface area contributed by atoms with E-state index < -0.39 is 60.6 Å². The molecule has 12 nitrogen and oxygen atoms in total. The van der Waals surface area contributed by atoms with Crippen molar-refractivity contribution in [2.45, 2.75) is 50.0 Å². The summed E-state index contributed by atoms with van der Waals surface area (Å²) in [5, 5.41) is 37.3. The maximum Gasteiger partial charge on any atom is 0.326 e. The van der Waals surface area contributed by atoms with Gasteiger partial charge in [-0.1, -0.05) is 48.5 Å². The number of aliphatic hydroxyl groups excluding tert-OH is 2. The van der Waals surface area contributed by atoms with Crippen LogP contribution >= 0.6 is 0 Å². The zero-order chi connectivity index (χ0) is 28.5. The summed E-state index contributed by atoms with van der Waals surface area (Å²) in [4.78, 5) is 53.7. The number of aliphatic hydroxyl groups is 2. The zero-order valence-corrected chi connectivity index (χ0v) is 21.3. The number of carbonyl (C=O) groups is 4. The van der Waals surface area contributed by atoms with E-state index in [-0.39, 0.29) is 12.8 Å². The van der Waals surface area contributed by atoms with Gasteiger partial charge < -0.3 is 42.0 Å². The Kier molecular flexibility index (Phi) is 10.1. The van der Waals surface area contributed by atoms with E-state index in [9.17, 15) is 34.5 Å². The molecule has 1 heterocycles. The Morgan fingerprint density at radius 2 is 1.51 bits per heavy atom. The molecule has 9 N–H and O–H groups in total. The van der Waals surface area contributed by atoms with Crippen molar-refractivity contribution in [2.24, 2.45) is 5.73 Å². The monoisotopic (exact) mass is 539 g/mol. The van der Waals surface area contributed by atoms with Crippen LogP contribution in [0.25, 0.3) is 10.9 Å². The Labute approximate surface area is 224 Å². The minimum absolute atomic E-state index is 0.000355. The van der Waals surface area contributed by atoms with Crippen LogP contribution in [0.2, 0.25) is 0 Å². The van der Waals surface area contributed by atoms with Gasteiger partial charge in [-0.25, -0.2) is 4.79 Å². The predicted molar refractivity (Wildman–Crippen MR) is 142 cm³/mol. The highest BCUT2D eigenvalue weighted by molar-refractivity contribution is 5.95. The smallest absolute Gasteiger partial charge is 0.326 e. The fourth-order valence-corrected chi connectivity index (χ4v) is 4.06. The largest absolute Gasteiger partial charge is 0.480 e. The van der Waals surface area contributed by atoms with Crippen LogP contribution in [0.4, 0.5) is 0 Å². The quantitative estimate of drug-likeness (QED) is 0.137. The van der Waals surface area contributed by atoms with Gasteiger partial charge in [-0.3, -0.25) is 14.4 Å². The number of aliphatic carboxylic acids is 1. The van der Waals surface area contributed by atoms with Crippen molar-refractivity contribution in [1.82, 2.24) is 20.9 Å². The van der Waals surface area contributed by atoms with Crippen LogP contribution < -0.4 is 21.7 Å². The van der Waals surface area contributed by atoms with Crippen LogP contribution in [0.3, 0.4) is 0 Å². The lowest BCUT2D eigenvalue weighted by Gasteiger charge is -2.26. The molecule has 0 bridgehead atoms. The summed E-state index contributed by atoms with van der Waals surface area (Å²) in [6.07, 6.45) is 0.271. The molecule has 1 aromatic heterocycles. The summed E-state index contributed by atoms with van der Waals surface area (Å²) < 4.78 is 0. The van der Waals surface area contributed by atoms with Crippen LogP contribution in [0.15, 0.2) is 60.8 Å². The van der Waals surface area contributed by atoms with Gasteiger partial charge in [-0.05, 0) is 24.1 Å². The second kappa shape index (κ2) is 13.5. The summed E-state index contributed by atoms with van der Waals surface area (Å²) in [5.41, 5.74) is 7.78. The van der Waals surface area contributed by atoms with Crippen molar-refractivity contribution < 1.29 is 34.5 Å². The van der Waals surface area contributed by atoms with Gasteiger partial charge in [-0.15, -0.1) is 0 Å². The number of carboxylic acids is 1. The molecule has 2 aromatic carbocycles. The van der Waals surface area contributed by atoms with Gasteiger partial charge in [-0.2, -0.15) is 0 Å². The zero-order valence-electron chi connectivity index (χ0n) is 21.3. The van der Waals surface area contributed by atoms with E-state index in [2.05, 4.69) is 20.9 Å². The molecular weight excluding hydrogens is 506 g/mol. The number of carboxylic acid groups (broad SMARTS) is 1. The standard InChI is InChI=1S/C27H33N5O7/c1-15(34)23(26(37)31-22(27(38)39)11-16-7-3-2-4-8-16)32-25(36)21(30-24(35)19(28)14-33)12-17-13-29-20-10-6-5-9-18(17)20/h2-10,13,15,19,21-23,29,33-34H,11-12,14,28H2,1H3,(H,30,35)(H,31,37)(H,32,36)(H,38,39). The average Bonchev–Trinajstić information content (AvgIpc) is 3.33. The molecule has 208 valence electrons. The number of nitrogens with one attached hydrogen (secondary N) is 4. The highest BCUT2D eigenvalue weighted by Gasteiger charge is 2.33. The first kappa shape index (κ1) is 29.3. The molecule has 0 fully saturated rings. The van der Waals surface area contributed by atoms with Crippen molar-refractivity contribution in [2.75, 3.05) is 6.61 Å². The minimum atomic E-state index is -1.52. The number of aromatic amines is 1. The lowest BCUT2D eigenvalue weighted by atomic mass is 10.0. The lowest BCUT2D eigenvalue weighted by Crippen LogP contribution is -2.60. The van der Waals surface area contributed by atoms with Crippen LogP contribution in [-0.4, -0.2) is 80.9 Å². The van der Waals surface area contributed by atoms with E-state index in [0.29, 0.717) is 11.1 Å². The molecular formula is C27H33N5O7. The molecule has 0 spiro atoms. The molecule has 0 aliphatic carbocycles. The van der Waals surface area contributed by atoms with E-state index >= 15 is 0 Å². The maximum atomic E-state index is 13.3. The third-order valence-corrected chi connectivity index (χ3v) is 6.23. The Morgan fingerprint density at radius 3 is 2.15 bits per heavy atom. The fourth-order valence-electron chi connectivity index (χ4n) is 4.06. The second-order valence-corrected chi connectivity index (χ2v) is 9.23. The number of carbonyl (C=O) groups excluding carboxylic acids is 3. The number of rotatable bonds is 13. The van der Waals surface area contributed by atoms with E-state index in [1.165, 1.54) is 6.92 Å². The molecule has 39 heavy (non-hydrogen) atoms. The van der Waals surface area contributed by atoms with Gasteiger partial charge in [0.05, 0.1) is 12.7 Å². The number of hydrogen-bond acceptors (Lipinski definition) is 7. The van der Waals surface area contributed by atoms with Crippen molar-refractivity contribution in [3.8, 4) is 0 Å². The summed E-state index contributed by atoms with van der Waals surface area (Å²) in [6, 6.07) is 10.6. The second-order valence-electron chi connectivity index (χ2n) is 9.23. The molecule has 0 saturated heterocycles. The van der Waals surface area contributed by atoms with Gasteiger partial charge in [0.15, 0.2) is 0 Å². The van der Waals surface area contributed by atoms with Gasteiger partial charge in [0.1, 0.15) is 24.2 Å². The van der Waals surface area contributed by atoms with Crippen LogP contribution in [0.5, 0.6) is 0 Å². The summed E-state index contributed by atoms with van der Waals surface area (Å²) >= 11 is 0. The number of amides is 3. The number of fused-ring (bicyclic) bond motifs is 1. The number of H-pyrrole nitrogens is 1. The Bertz CT molecular complexity index is 1290. The summed E-state index contributed by atoms with van der Waals surface area (Å²) in [5.74, 6) is -3.80. The van der Waals surface area contributed by atoms with E-state index in [1.54, 1.807) is 36.5 Å². The highest BCUT2D eigenvalue weighted by Crippen LogP contribution is 2.19. The topological polar surface area (TPSA) is 207 Å². The Hall–Kier alpha value is -4.26. The van der Waals surface area contributed by atoms with E-state index in [1.807, 2.05) is 24.3 Å². The molecule has 5 unspecified atom stereocenters. The first-order valence-electron chi connectivity index (χ1n) is 12.4. The first-order chi connectivity index (χ1) is 18.6. The summed E-state index contributed by atoms with van der Waals surface area (Å²) in [6.45, 7) is 0.621. The Balaban J connectivity index is 1.79. The number of hydrogen-bond donors (Lipinski definition) is 8. The minimum Gasteiger partial charge on any atom is -0.480 e. The van der Waals surface area contributed by atoms with Crippen molar-refractivity contribution in [3.05, 3.63) is 71.9 Å². The molecule has 0 saturated carbocycles. The molecule has 0 radical (unpaired) electrons. The highest BCUT2D eigenvalue weighted by atomic mass is 16.4. The number of nitrogens with two attached hydrogens (primary N) is 1. The molecule has 3 amide bonds. The van der Waals surface area contributed by atoms with E-state index in [0.717, 1.165) is 10.9 Å². The van der Waals surface area contributed by atoms with Gasteiger partial charge in [0.25, 0.3) is 0 Å². The van der Waals surface area contributed by atoms with Gasteiger partial charge in [0.2, 0.25) is 17.7 Å². The molecule has 3 aromatic rings. The number of benzene rings is 2. The maximum absolute atomic E-state index is 13.3. The number of aromatic nitrogens is 1. The van der Waals surface area contributed by atoms with E-state index in [4.69, 9.17) is 5.73 Å². The normalized spacial score (nSPS) is 15.0. The molecule has 5 atom stereocenters. The SMILES string of the molecule is CC(O)C(NC(=O)C(Cc1c[nH]c2ccccc12)NC(=O)C(N)CO)C(=O)NC(Cc1ccccc1)C(=O)O.